The number of aromatic amines is 1. The molecule has 0 bridgehead atoms. The number of ether oxygens (including phenoxy) is 1. The molecule has 155 valence electrons. The zero-order valence-electron chi connectivity index (χ0n) is 17.2. The van der Waals surface area contributed by atoms with Gasteiger partial charge >= 0.3 is 0 Å². The summed E-state index contributed by atoms with van der Waals surface area (Å²) in [6.07, 6.45) is 4.64. The van der Waals surface area contributed by atoms with Crippen LogP contribution in [-0.4, -0.2) is 45.1 Å². The van der Waals surface area contributed by atoms with Crippen LogP contribution in [0.2, 0.25) is 5.02 Å². The van der Waals surface area contributed by atoms with E-state index < -0.39 is 0 Å². The van der Waals surface area contributed by atoms with Crippen LogP contribution in [0.5, 0.6) is 0 Å². The highest BCUT2D eigenvalue weighted by molar-refractivity contribution is 8.09. The molecule has 0 saturated carbocycles. The van der Waals surface area contributed by atoms with E-state index in [0.29, 0.717) is 0 Å². The lowest BCUT2D eigenvalue weighted by Gasteiger charge is -2.34. The number of imidazole rings is 1. The topological polar surface area (TPSA) is 44.4 Å². The number of benzene rings is 2. The number of aryl methyl sites for hydroxylation is 1. The van der Waals surface area contributed by atoms with Crippen molar-refractivity contribution in [1.82, 2.24) is 20.0 Å². The number of nitrogens with one attached hydrogen (secondary N) is 1. The van der Waals surface area contributed by atoms with Crippen molar-refractivity contribution in [2.24, 2.45) is 0 Å². The van der Waals surface area contributed by atoms with Gasteiger partial charge in [0.05, 0.1) is 34.8 Å². The summed E-state index contributed by atoms with van der Waals surface area (Å²) in [5.74, 6) is 0.946. The van der Waals surface area contributed by atoms with Crippen molar-refractivity contribution in [3.8, 4) is 0 Å². The average Bonchev–Trinajstić information content (AvgIpc) is 3.47. The maximum atomic E-state index is 6.32. The summed E-state index contributed by atoms with van der Waals surface area (Å²) in [6.45, 7) is 5.03. The van der Waals surface area contributed by atoms with Crippen LogP contribution in [0.15, 0.2) is 42.5 Å². The first-order valence-corrected chi connectivity index (χ1v) is 11.4. The van der Waals surface area contributed by atoms with E-state index in [4.69, 9.17) is 21.3 Å². The van der Waals surface area contributed by atoms with E-state index in [9.17, 15) is 0 Å². The molecular weight excluding hydrogens is 416 g/mol. The quantitative estimate of drug-likeness (QED) is 0.589. The number of aromatic nitrogens is 2. The Labute approximate surface area is 186 Å². The summed E-state index contributed by atoms with van der Waals surface area (Å²) in [7, 11) is 1.78. The van der Waals surface area contributed by atoms with E-state index in [1.54, 1.807) is 7.11 Å². The molecule has 30 heavy (non-hydrogen) atoms. The van der Waals surface area contributed by atoms with Gasteiger partial charge in [0.1, 0.15) is 5.82 Å². The third kappa shape index (κ3) is 3.42. The van der Waals surface area contributed by atoms with Crippen LogP contribution >= 0.6 is 23.4 Å². The second-order valence-corrected chi connectivity index (χ2v) is 9.52. The SMILES string of the molecule is CO[C@H]1C[C@@H](c2nc3c(C)c(Cl)ccc3[nH]2)N(N2[C]=C(c3ccccc3)SC2C)C1. The average molecular weight is 440 g/mol. The maximum Gasteiger partial charge on any atom is 0.126 e. The highest BCUT2D eigenvalue weighted by Crippen LogP contribution is 2.44. The minimum absolute atomic E-state index is 0.0891. The maximum absolute atomic E-state index is 6.32. The molecule has 1 unspecified atom stereocenters. The molecule has 3 aromatic rings. The first kappa shape index (κ1) is 19.9. The zero-order valence-corrected chi connectivity index (χ0v) is 18.8. The van der Waals surface area contributed by atoms with E-state index >= 15 is 0 Å². The first-order chi connectivity index (χ1) is 14.5. The molecular formula is C23H24ClN4OS. The monoisotopic (exact) mass is 439 g/mol. The number of fused-ring (bicyclic) bond motifs is 1. The third-order valence-corrected chi connectivity index (χ3v) is 7.42. The Bertz CT molecular complexity index is 1100. The van der Waals surface area contributed by atoms with E-state index in [0.717, 1.165) is 45.3 Å². The van der Waals surface area contributed by atoms with Crippen molar-refractivity contribution in [3.05, 3.63) is 70.6 Å². The zero-order chi connectivity index (χ0) is 20.8. The number of H-pyrrole nitrogens is 1. The van der Waals surface area contributed by atoms with Crippen molar-refractivity contribution in [2.45, 2.75) is 37.8 Å². The fraction of sp³-hybridized carbons (Fsp3) is 0.348. The van der Waals surface area contributed by atoms with Gasteiger partial charge in [0, 0.05) is 23.6 Å². The minimum atomic E-state index is 0.0891. The van der Waals surface area contributed by atoms with Gasteiger partial charge in [-0.05, 0) is 43.5 Å². The number of hydrogen-bond donors (Lipinski definition) is 1. The molecule has 1 N–H and O–H groups in total. The summed E-state index contributed by atoms with van der Waals surface area (Å²) in [4.78, 5) is 9.63. The van der Waals surface area contributed by atoms with Crippen molar-refractivity contribution in [3.63, 3.8) is 0 Å². The highest BCUT2D eigenvalue weighted by atomic mass is 35.5. The predicted molar refractivity (Wildman–Crippen MR) is 123 cm³/mol. The minimum Gasteiger partial charge on any atom is -0.380 e. The van der Waals surface area contributed by atoms with Crippen LogP contribution in [0, 0.1) is 13.1 Å². The smallest absolute Gasteiger partial charge is 0.126 e. The van der Waals surface area contributed by atoms with Crippen LogP contribution in [0.25, 0.3) is 15.9 Å². The van der Waals surface area contributed by atoms with Gasteiger partial charge in [-0.25, -0.2) is 9.99 Å². The Hall–Kier alpha value is -1.99. The van der Waals surface area contributed by atoms with Crippen LogP contribution in [-0.2, 0) is 4.74 Å². The Balaban J connectivity index is 1.51. The van der Waals surface area contributed by atoms with Crippen LogP contribution in [0.4, 0.5) is 0 Å². The summed E-state index contributed by atoms with van der Waals surface area (Å²) in [6, 6.07) is 14.5. The van der Waals surface area contributed by atoms with E-state index in [1.165, 1.54) is 5.56 Å². The molecule has 1 saturated heterocycles. The molecule has 0 amide bonds. The normalized spacial score (nSPS) is 24.7. The van der Waals surface area contributed by atoms with Crippen molar-refractivity contribution >= 4 is 39.3 Å². The van der Waals surface area contributed by atoms with Crippen molar-refractivity contribution in [2.75, 3.05) is 13.7 Å². The third-order valence-electron chi connectivity index (χ3n) is 5.91. The number of thioether (sulfide) groups is 1. The molecule has 3 atom stereocenters. The lowest BCUT2D eigenvalue weighted by Crippen LogP contribution is -2.42. The van der Waals surface area contributed by atoms with Crippen molar-refractivity contribution < 1.29 is 4.74 Å². The largest absolute Gasteiger partial charge is 0.380 e. The van der Waals surface area contributed by atoms with Gasteiger partial charge in [0.2, 0.25) is 0 Å². The van der Waals surface area contributed by atoms with Crippen LogP contribution < -0.4 is 0 Å². The first-order valence-electron chi connectivity index (χ1n) is 10.1. The molecule has 1 fully saturated rings. The van der Waals surface area contributed by atoms with Gasteiger partial charge < -0.3 is 9.72 Å². The van der Waals surface area contributed by atoms with Gasteiger partial charge in [-0.1, -0.05) is 53.7 Å². The molecule has 5 nitrogen and oxygen atoms in total. The summed E-state index contributed by atoms with van der Waals surface area (Å²) < 4.78 is 5.74. The Kier molecular flexibility index (Phi) is 5.27. The summed E-state index contributed by atoms with van der Waals surface area (Å²) in [5, 5.41) is 5.56. The lowest BCUT2D eigenvalue weighted by molar-refractivity contribution is -0.0154. The molecule has 1 aromatic heterocycles. The molecule has 5 rings (SSSR count). The predicted octanol–water partition coefficient (Wildman–Crippen LogP) is 5.40. The van der Waals surface area contributed by atoms with E-state index in [-0.39, 0.29) is 17.5 Å². The lowest BCUT2D eigenvalue weighted by atomic mass is 10.2. The standard InChI is InChI=1S/C23H24ClN4OS/c1-14-18(24)9-10-19-22(14)26-23(25-19)20-11-17(29-3)12-28(20)27-13-21(30-15(27)2)16-7-5-4-6-8-16/h4-10,15,17,20H,11-12H2,1-3H3,(H,25,26)/t15?,17-,20-/m0/s1. The van der Waals surface area contributed by atoms with Crippen LogP contribution in [0.1, 0.15) is 36.3 Å². The van der Waals surface area contributed by atoms with Crippen LogP contribution in [0.3, 0.4) is 0 Å². The molecule has 1 radical (unpaired) electrons. The Morgan fingerprint density at radius 1 is 1.23 bits per heavy atom. The number of methoxy groups -OCH3 is 1. The number of hydrazine groups is 1. The molecule has 2 aliphatic heterocycles. The summed E-state index contributed by atoms with van der Waals surface area (Å²) >= 11 is 8.15. The molecule has 3 heterocycles. The molecule has 7 heteroatoms. The van der Waals surface area contributed by atoms with Gasteiger partial charge in [-0.2, -0.15) is 0 Å². The molecule has 0 spiro atoms. The molecule has 2 aliphatic rings. The van der Waals surface area contributed by atoms with Crippen molar-refractivity contribution in [1.29, 1.82) is 0 Å². The Morgan fingerprint density at radius 3 is 2.80 bits per heavy atom. The van der Waals surface area contributed by atoms with E-state index in [2.05, 4.69) is 52.4 Å². The van der Waals surface area contributed by atoms with Gasteiger partial charge in [-0.3, -0.25) is 5.01 Å². The van der Waals surface area contributed by atoms with Gasteiger partial charge in [0.25, 0.3) is 0 Å². The Morgan fingerprint density at radius 2 is 2.03 bits per heavy atom. The second-order valence-electron chi connectivity index (χ2n) is 7.79. The van der Waals surface area contributed by atoms with Gasteiger partial charge in [-0.15, -0.1) is 0 Å². The number of rotatable bonds is 4. The number of halogens is 1. The fourth-order valence-corrected chi connectivity index (χ4v) is 5.43. The molecule has 0 aliphatic carbocycles. The molecule has 2 aromatic carbocycles. The number of nitrogens with zero attached hydrogens (tertiary/aromatic N) is 3. The summed E-state index contributed by atoms with van der Waals surface area (Å²) in [5.41, 5.74) is 4.16. The van der Waals surface area contributed by atoms with E-state index in [1.807, 2.05) is 36.9 Å². The highest BCUT2D eigenvalue weighted by Gasteiger charge is 2.41. The second kappa shape index (κ2) is 7.93. The number of hydrogen-bond acceptors (Lipinski definition) is 5. The van der Waals surface area contributed by atoms with Gasteiger partial charge in [0.15, 0.2) is 0 Å². The fourth-order valence-electron chi connectivity index (χ4n) is 4.24.